The van der Waals surface area contributed by atoms with Crippen LogP contribution in [0, 0.1) is 0 Å². The number of pyridine rings is 1. The van der Waals surface area contributed by atoms with E-state index in [1.54, 1.807) is 60.7 Å². The van der Waals surface area contributed by atoms with E-state index in [1.807, 2.05) is 12.1 Å². The Hall–Kier alpha value is -3.88. The summed E-state index contributed by atoms with van der Waals surface area (Å²) >= 11 is 0. The molecule has 0 aliphatic rings. The number of nitrogens with one attached hydrogen (secondary N) is 1. The van der Waals surface area contributed by atoms with Crippen molar-refractivity contribution in [2.75, 3.05) is 0 Å². The van der Waals surface area contributed by atoms with Gasteiger partial charge in [-0.25, -0.2) is 0 Å². The van der Waals surface area contributed by atoms with Gasteiger partial charge in [-0.15, -0.1) is 10.2 Å². The second-order valence-corrected chi connectivity index (χ2v) is 5.79. The zero-order valence-corrected chi connectivity index (χ0v) is 14.4. The van der Waals surface area contributed by atoms with E-state index >= 15 is 0 Å². The van der Waals surface area contributed by atoms with E-state index in [4.69, 9.17) is 4.52 Å². The molecule has 4 aromatic rings. The molecule has 3 aromatic heterocycles. The Bertz CT molecular complexity index is 1040. The monoisotopic (exact) mass is 361 g/mol. The first kappa shape index (κ1) is 16.6. The fraction of sp³-hybridized carbons (Fsp3) is 0.111. The molecule has 0 unspecified atom stereocenters. The van der Waals surface area contributed by atoms with Gasteiger partial charge in [0.2, 0.25) is 11.7 Å². The normalized spacial score (nSPS) is 11.9. The average Bonchev–Trinajstić information content (AvgIpc) is 3.41. The fourth-order valence-electron chi connectivity index (χ4n) is 2.49. The molecule has 0 aliphatic carbocycles. The van der Waals surface area contributed by atoms with Gasteiger partial charge in [0, 0.05) is 17.4 Å². The smallest absolute Gasteiger partial charge is 0.251 e. The van der Waals surface area contributed by atoms with Gasteiger partial charge in [-0.2, -0.15) is 4.98 Å². The van der Waals surface area contributed by atoms with Crippen molar-refractivity contribution in [3.8, 4) is 17.2 Å². The Morgan fingerprint density at radius 1 is 1.15 bits per heavy atom. The molecular formula is C18H15N7O2. The van der Waals surface area contributed by atoms with Crippen molar-refractivity contribution in [1.29, 1.82) is 0 Å². The number of amides is 1. The van der Waals surface area contributed by atoms with E-state index in [-0.39, 0.29) is 5.91 Å². The van der Waals surface area contributed by atoms with E-state index < -0.39 is 6.04 Å². The molecule has 1 aromatic carbocycles. The maximum absolute atomic E-state index is 12.6. The molecule has 1 atom stereocenters. The highest BCUT2D eigenvalue weighted by molar-refractivity contribution is 5.94. The van der Waals surface area contributed by atoms with Crippen molar-refractivity contribution in [3.63, 3.8) is 0 Å². The Morgan fingerprint density at radius 2 is 2.00 bits per heavy atom. The van der Waals surface area contributed by atoms with Gasteiger partial charge in [-0.3, -0.25) is 14.3 Å². The molecule has 0 aliphatic heterocycles. The van der Waals surface area contributed by atoms with Gasteiger partial charge >= 0.3 is 0 Å². The van der Waals surface area contributed by atoms with Crippen LogP contribution in [0.25, 0.3) is 17.2 Å². The standard InChI is InChI=1S/C18H15N7O2/c1-12(18-23-16(24-27-18)15-7-2-3-8-19-15)22-17(26)13-5-4-6-14(9-13)25-10-20-21-11-25/h2-12H,1H3,(H,22,26)/t12-/m0/s1. The molecule has 0 saturated heterocycles. The molecule has 0 radical (unpaired) electrons. The Labute approximate surface area is 154 Å². The second-order valence-electron chi connectivity index (χ2n) is 5.79. The molecule has 4 rings (SSSR count). The van der Waals surface area contributed by atoms with Crippen molar-refractivity contribution in [3.05, 3.63) is 72.8 Å². The second kappa shape index (κ2) is 7.16. The number of aromatic nitrogens is 6. The molecule has 27 heavy (non-hydrogen) atoms. The summed E-state index contributed by atoms with van der Waals surface area (Å²) in [6.45, 7) is 1.78. The molecule has 3 heterocycles. The number of carbonyl (C=O) groups excluding carboxylic acids is 1. The summed E-state index contributed by atoms with van der Waals surface area (Å²) in [7, 11) is 0. The topological polar surface area (TPSA) is 112 Å². The summed E-state index contributed by atoms with van der Waals surface area (Å²) in [5.41, 5.74) is 1.89. The average molecular weight is 361 g/mol. The summed E-state index contributed by atoms with van der Waals surface area (Å²) < 4.78 is 6.98. The molecule has 1 amide bonds. The van der Waals surface area contributed by atoms with Crippen LogP contribution in [-0.2, 0) is 0 Å². The van der Waals surface area contributed by atoms with Gasteiger partial charge in [-0.1, -0.05) is 17.3 Å². The Kier molecular flexibility index (Phi) is 4.40. The van der Waals surface area contributed by atoms with Crippen LogP contribution in [0.3, 0.4) is 0 Å². The van der Waals surface area contributed by atoms with Crippen LogP contribution in [0.1, 0.15) is 29.2 Å². The molecular weight excluding hydrogens is 346 g/mol. The molecule has 9 heteroatoms. The third-order valence-corrected chi connectivity index (χ3v) is 3.88. The third kappa shape index (κ3) is 3.56. The first-order valence-electron chi connectivity index (χ1n) is 8.21. The minimum Gasteiger partial charge on any atom is -0.341 e. The molecule has 9 nitrogen and oxygen atoms in total. The first-order valence-corrected chi connectivity index (χ1v) is 8.21. The van der Waals surface area contributed by atoms with Gasteiger partial charge in [0.25, 0.3) is 5.91 Å². The van der Waals surface area contributed by atoms with Crippen molar-refractivity contribution < 1.29 is 9.32 Å². The summed E-state index contributed by atoms with van der Waals surface area (Å²) in [5, 5.41) is 14.3. The first-order chi connectivity index (χ1) is 13.2. The van der Waals surface area contributed by atoms with E-state index in [0.717, 1.165) is 5.69 Å². The van der Waals surface area contributed by atoms with Crippen LogP contribution in [0.4, 0.5) is 0 Å². The molecule has 0 bridgehead atoms. The number of carbonyl (C=O) groups is 1. The van der Waals surface area contributed by atoms with Gasteiger partial charge in [0.1, 0.15) is 24.4 Å². The van der Waals surface area contributed by atoms with Crippen LogP contribution in [0.2, 0.25) is 0 Å². The Balaban J connectivity index is 1.49. The summed E-state index contributed by atoms with van der Waals surface area (Å²) in [5.74, 6) is 0.426. The minimum atomic E-state index is -0.457. The molecule has 134 valence electrons. The van der Waals surface area contributed by atoms with E-state index in [9.17, 15) is 4.79 Å². The van der Waals surface area contributed by atoms with Crippen molar-refractivity contribution in [1.82, 2.24) is 35.2 Å². The van der Waals surface area contributed by atoms with E-state index in [0.29, 0.717) is 23.0 Å². The highest BCUT2D eigenvalue weighted by Crippen LogP contribution is 2.17. The van der Waals surface area contributed by atoms with Gasteiger partial charge in [0.05, 0.1) is 0 Å². The summed E-state index contributed by atoms with van der Waals surface area (Å²) in [4.78, 5) is 21.1. The lowest BCUT2D eigenvalue weighted by Crippen LogP contribution is -2.27. The lowest BCUT2D eigenvalue weighted by Gasteiger charge is -2.10. The Morgan fingerprint density at radius 3 is 2.78 bits per heavy atom. The molecule has 0 spiro atoms. The number of rotatable bonds is 5. The zero-order valence-electron chi connectivity index (χ0n) is 14.4. The third-order valence-electron chi connectivity index (χ3n) is 3.88. The van der Waals surface area contributed by atoms with Crippen LogP contribution < -0.4 is 5.32 Å². The minimum absolute atomic E-state index is 0.255. The highest BCUT2D eigenvalue weighted by atomic mass is 16.5. The van der Waals surface area contributed by atoms with Gasteiger partial charge in [-0.05, 0) is 37.3 Å². The zero-order chi connectivity index (χ0) is 18.6. The van der Waals surface area contributed by atoms with Crippen molar-refractivity contribution in [2.24, 2.45) is 0 Å². The van der Waals surface area contributed by atoms with E-state index in [1.165, 1.54) is 0 Å². The summed E-state index contributed by atoms with van der Waals surface area (Å²) in [6, 6.07) is 12.1. The van der Waals surface area contributed by atoms with Crippen LogP contribution >= 0.6 is 0 Å². The van der Waals surface area contributed by atoms with Crippen molar-refractivity contribution >= 4 is 5.91 Å². The van der Waals surface area contributed by atoms with E-state index in [2.05, 4.69) is 30.6 Å². The maximum Gasteiger partial charge on any atom is 0.251 e. The lowest BCUT2D eigenvalue weighted by atomic mass is 10.1. The number of hydrogen-bond acceptors (Lipinski definition) is 7. The molecule has 0 fully saturated rings. The van der Waals surface area contributed by atoms with Crippen LogP contribution in [0.5, 0.6) is 0 Å². The van der Waals surface area contributed by atoms with Crippen LogP contribution in [-0.4, -0.2) is 35.8 Å². The predicted octanol–water partition coefficient (Wildman–Crippen LogP) is 2.20. The largest absolute Gasteiger partial charge is 0.341 e. The van der Waals surface area contributed by atoms with Gasteiger partial charge in [0.15, 0.2) is 0 Å². The number of benzene rings is 1. The summed E-state index contributed by atoms with van der Waals surface area (Å²) in [6.07, 6.45) is 4.79. The quantitative estimate of drug-likeness (QED) is 0.580. The number of hydrogen-bond donors (Lipinski definition) is 1. The van der Waals surface area contributed by atoms with Crippen LogP contribution in [0.15, 0.2) is 65.8 Å². The number of nitrogens with zero attached hydrogens (tertiary/aromatic N) is 6. The van der Waals surface area contributed by atoms with Gasteiger partial charge < -0.3 is 9.84 Å². The molecule has 0 saturated carbocycles. The molecule has 1 N–H and O–H groups in total. The SMILES string of the molecule is C[C@H](NC(=O)c1cccc(-n2cnnc2)c1)c1nc(-c2ccccn2)no1. The predicted molar refractivity (Wildman–Crippen MR) is 94.8 cm³/mol. The fourth-order valence-corrected chi connectivity index (χ4v) is 2.49. The maximum atomic E-state index is 12.6. The highest BCUT2D eigenvalue weighted by Gasteiger charge is 2.18. The van der Waals surface area contributed by atoms with Crippen molar-refractivity contribution in [2.45, 2.75) is 13.0 Å². The lowest BCUT2D eigenvalue weighted by molar-refractivity contribution is 0.0932.